The number of fused-ring (bicyclic) bond motifs is 1. The maximum absolute atomic E-state index is 13.9. The summed E-state index contributed by atoms with van der Waals surface area (Å²) >= 11 is 1.08. The lowest BCUT2D eigenvalue weighted by Crippen LogP contribution is -2.37. The van der Waals surface area contributed by atoms with Gasteiger partial charge in [0.25, 0.3) is 5.91 Å². The average Bonchev–Trinajstić information content (AvgIpc) is 3.13. The second kappa shape index (κ2) is 6.85. The number of nitrogens with zero attached hydrogens (tertiary/aromatic N) is 5. The zero-order valence-electron chi connectivity index (χ0n) is 14.0. The zero-order chi connectivity index (χ0) is 18.1. The normalized spacial score (nSPS) is 11.4. The van der Waals surface area contributed by atoms with E-state index in [2.05, 4.69) is 10.1 Å². The lowest BCUT2D eigenvalue weighted by atomic mass is 10.3. The van der Waals surface area contributed by atoms with Crippen LogP contribution in [0.2, 0.25) is 0 Å². The highest BCUT2D eigenvalue weighted by atomic mass is 32.1. The molecule has 0 bridgehead atoms. The molecule has 0 N–H and O–H groups in total. The minimum absolute atomic E-state index is 0.0603. The molecule has 132 valence electrons. The van der Waals surface area contributed by atoms with Crippen molar-refractivity contribution in [2.24, 2.45) is 7.05 Å². The minimum atomic E-state index is -0.740. The molecular formula is C16H17F2N5OS. The monoisotopic (exact) mass is 365 g/mol. The standard InChI is InChI=1S/C16H17F2N5OS/c1-21(2)6-7-23(15(24)12-4-5-22(3)20-12)16-19-14-11(18)8-10(17)9-13(14)25-16/h4-5,8-9H,6-7H2,1-3H3. The van der Waals surface area contributed by atoms with Crippen LogP contribution in [-0.2, 0) is 7.05 Å². The van der Waals surface area contributed by atoms with Gasteiger partial charge in [0.2, 0.25) is 0 Å². The van der Waals surface area contributed by atoms with Crippen molar-refractivity contribution >= 4 is 32.6 Å². The van der Waals surface area contributed by atoms with Crippen LogP contribution in [-0.4, -0.2) is 52.8 Å². The summed E-state index contributed by atoms with van der Waals surface area (Å²) in [6.45, 7) is 0.942. The summed E-state index contributed by atoms with van der Waals surface area (Å²) in [6, 6.07) is 3.62. The molecular weight excluding hydrogens is 348 g/mol. The number of aromatic nitrogens is 3. The van der Waals surface area contributed by atoms with Gasteiger partial charge in [0.05, 0.1) is 4.70 Å². The van der Waals surface area contributed by atoms with E-state index < -0.39 is 11.6 Å². The number of hydrogen-bond acceptors (Lipinski definition) is 5. The summed E-state index contributed by atoms with van der Waals surface area (Å²) < 4.78 is 29.3. The SMILES string of the molecule is CN(C)CCN(C(=O)c1ccn(C)n1)c1nc2c(F)cc(F)cc2s1. The summed E-state index contributed by atoms with van der Waals surface area (Å²) in [4.78, 5) is 20.4. The van der Waals surface area contributed by atoms with Crippen molar-refractivity contribution in [2.45, 2.75) is 0 Å². The fourth-order valence-corrected chi connectivity index (χ4v) is 3.34. The Morgan fingerprint density at radius 3 is 2.68 bits per heavy atom. The van der Waals surface area contributed by atoms with Crippen LogP contribution < -0.4 is 4.90 Å². The van der Waals surface area contributed by atoms with Gasteiger partial charge in [-0.3, -0.25) is 14.4 Å². The van der Waals surface area contributed by atoms with E-state index in [1.54, 1.807) is 19.3 Å². The van der Waals surface area contributed by atoms with Crippen LogP contribution in [0.15, 0.2) is 24.4 Å². The zero-order valence-corrected chi connectivity index (χ0v) is 14.8. The number of carbonyl (C=O) groups excluding carboxylic acids is 1. The molecule has 6 nitrogen and oxygen atoms in total. The fraction of sp³-hybridized carbons (Fsp3) is 0.312. The highest BCUT2D eigenvalue weighted by Gasteiger charge is 2.24. The molecule has 3 rings (SSSR count). The number of thiazole rings is 1. The second-order valence-electron chi connectivity index (χ2n) is 5.87. The first-order chi connectivity index (χ1) is 11.8. The molecule has 2 aromatic heterocycles. The molecule has 0 fully saturated rings. The molecule has 25 heavy (non-hydrogen) atoms. The summed E-state index contributed by atoms with van der Waals surface area (Å²) in [5.74, 6) is -1.74. The predicted octanol–water partition coefficient (Wildman–Crippen LogP) is 2.52. The van der Waals surface area contributed by atoms with Crippen molar-refractivity contribution in [1.82, 2.24) is 19.7 Å². The van der Waals surface area contributed by atoms with Crippen molar-refractivity contribution in [1.29, 1.82) is 0 Å². The third-order valence-electron chi connectivity index (χ3n) is 3.58. The molecule has 3 aromatic rings. The maximum Gasteiger partial charge on any atom is 0.280 e. The van der Waals surface area contributed by atoms with Gasteiger partial charge >= 0.3 is 0 Å². The number of likely N-dealkylation sites (N-methyl/N-ethyl adjacent to an activating group) is 1. The number of aryl methyl sites for hydroxylation is 1. The molecule has 0 aliphatic heterocycles. The molecule has 1 aromatic carbocycles. The largest absolute Gasteiger partial charge is 0.308 e. The van der Waals surface area contributed by atoms with Gasteiger partial charge < -0.3 is 4.90 Å². The molecule has 9 heteroatoms. The Morgan fingerprint density at radius 1 is 1.28 bits per heavy atom. The van der Waals surface area contributed by atoms with Gasteiger partial charge in [-0.15, -0.1) is 0 Å². The molecule has 0 saturated carbocycles. The molecule has 0 saturated heterocycles. The predicted molar refractivity (Wildman–Crippen MR) is 93.0 cm³/mol. The number of carbonyl (C=O) groups is 1. The van der Waals surface area contributed by atoms with Crippen molar-refractivity contribution in [3.05, 3.63) is 41.7 Å². The molecule has 0 unspecified atom stereocenters. The number of benzene rings is 1. The van der Waals surface area contributed by atoms with E-state index >= 15 is 0 Å². The minimum Gasteiger partial charge on any atom is -0.308 e. The molecule has 0 aliphatic carbocycles. The first-order valence-corrected chi connectivity index (χ1v) is 8.38. The van der Waals surface area contributed by atoms with E-state index in [4.69, 9.17) is 0 Å². The average molecular weight is 365 g/mol. The Morgan fingerprint density at radius 2 is 2.04 bits per heavy atom. The fourth-order valence-electron chi connectivity index (χ4n) is 2.31. The van der Waals surface area contributed by atoms with Gasteiger partial charge in [-0.1, -0.05) is 11.3 Å². The number of hydrogen-bond donors (Lipinski definition) is 0. The smallest absolute Gasteiger partial charge is 0.280 e. The van der Waals surface area contributed by atoms with Crippen LogP contribution in [0.3, 0.4) is 0 Å². The van der Waals surface area contributed by atoms with Gasteiger partial charge in [-0.2, -0.15) is 5.10 Å². The number of anilines is 1. The van der Waals surface area contributed by atoms with Gasteiger partial charge in [-0.05, 0) is 26.2 Å². The first kappa shape index (κ1) is 17.4. The van der Waals surface area contributed by atoms with Crippen molar-refractivity contribution in [3.8, 4) is 0 Å². The Hall–Kier alpha value is -2.39. The summed E-state index contributed by atoms with van der Waals surface area (Å²) in [6.07, 6.45) is 1.67. The molecule has 2 heterocycles. The summed E-state index contributed by atoms with van der Waals surface area (Å²) in [5.41, 5.74) is 0.331. The molecule has 0 atom stereocenters. The lowest BCUT2D eigenvalue weighted by molar-refractivity contribution is 0.0979. The van der Waals surface area contributed by atoms with Gasteiger partial charge in [0.1, 0.15) is 11.3 Å². The van der Waals surface area contributed by atoms with Gasteiger partial charge in [-0.25, -0.2) is 13.8 Å². The topological polar surface area (TPSA) is 54.3 Å². The third-order valence-corrected chi connectivity index (χ3v) is 4.61. The van der Waals surface area contributed by atoms with Crippen molar-refractivity contribution in [3.63, 3.8) is 0 Å². The Bertz CT molecular complexity index is 921. The quantitative estimate of drug-likeness (QED) is 0.697. The van der Waals surface area contributed by atoms with Crippen LogP contribution in [0.25, 0.3) is 10.2 Å². The summed E-state index contributed by atoms with van der Waals surface area (Å²) in [5, 5.41) is 4.44. The Kier molecular flexibility index (Phi) is 4.78. The highest BCUT2D eigenvalue weighted by molar-refractivity contribution is 7.22. The number of amides is 1. The van der Waals surface area contributed by atoms with Crippen LogP contribution in [0.5, 0.6) is 0 Å². The van der Waals surface area contributed by atoms with Gasteiger partial charge in [0, 0.05) is 32.4 Å². The Labute approximate surface area is 147 Å². The van der Waals surface area contributed by atoms with E-state index in [0.29, 0.717) is 22.9 Å². The van der Waals surface area contributed by atoms with Crippen molar-refractivity contribution < 1.29 is 13.6 Å². The molecule has 0 aliphatic rings. The van der Waals surface area contributed by atoms with Crippen LogP contribution in [0.4, 0.5) is 13.9 Å². The van der Waals surface area contributed by atoms with Crippen LogP contribution in [0.1, 0.15) is 10.5 Å². The summed E-state index contributed by atoms with van der Waals surface area (Å²) in [7, 11) is 5.49. The Balaban J connectivity index is 2.01. The van der Waals surface area contributed by atoms with E-state index in [1.807, 2.05) is 19.0 Å². The first-order valence-electron chi connectivity index (χ1n) is 7.57. The van der Waals surface area contributed by atoms with Gasteiger partial charge in [0.15, 0.2) is 16.6 Å². The molecule has 0 radical (unpaired) electrons. The molecule has 0 spiro atoms. The van der Waals surface area contributed by atoms with E-state index in [1.165, 1.54) is 15.6 Å². The number of halogens is 2. The lowest BCUT2D eigenvalue weighted by Gasteiger charge is -2.21. The van der Waals surface area contributed by atoms with E-state index in [9.17, 15) is 13.6 Å². The maximum atomic E-state index is 13.9. The third kappa shape index (κ3) is 3.67. The van der Waals surface area contributed by atoms with Crippen LogP contribution in [0, 0.1) is 11.6 Å². The van der Waals surface area contributed by atoms with Crippen molar-refractivity contribution in [2.75, 3.05) is 32.1 Å². The highest BCUT2D eigenvalue weighted by Crippen LogP contribution is 2.31. The molecule has 1 amide bonds. The van der Waals surface area contributed by atoms with E-state index in [-0.39, 0.29) is 17.1 Å². The van der Waals surface area contributed by atoms with E-state index in [0.717, 1.165) is 17.4 Å². The van der Waals surface area contributed by atoms with Crippen LogP contribution >= 0.6 is 11.3 Å². The second-order valence-corrected chi connectivity index (χ2v) is 6.87. The number of rotatable bonds is 5.